The van der Waals surface area contributed by atoms with Crippen LogP contribution < -0.4 is 10.6 Å². The third-order valence-corrected chi connectivity index (χ3v) is 2.67. The number of carbonyl (C=O) groups is 1. The smallest absolute Gasteiger partial charge is 0.323 e. The standard InChI is InChI=1S/C8H14N2O3/c11-7(12)6-5-13-8(10-6)1-3-9-4-2-8/h6,9-10H,1-5H2,(H,11,12). The second-order valence-corrected chi connectivity index (χ2v) is 3.59. The molecule has 2 fully saturated rings. The van der Waals surface area contributed by atoms with Gasteiger partial charge in [-0.3, -0.25) is 10.1 Å². The molecule has 2 heterocycles. The summed E-state index contributed by atoms with van der Waals surface area (Å²) in [6.45, 7) is 2.06. The number of piperidine rings is 1. The zero-order valence-electron chi connectivity index (χ0n) is 7.38. The second kappa shape index (κ2) is 3.25. The maximum Gasteiger partial charge on any atom is 0.323 e. The van der Waals surface area contributed by atoms with Crippen LogP contribution in [-0.4, -0.2) is 42.5 Å². The third kappa shape index (κ3) is 1.67. The zero-order chi connectivity index (χ0) is 9.31. The summed E-state index contributed by atoms with van der Waals surface area (Å²) in [5, 5.41) is 15.0. The largest absolute Gasteiger partial charge is 0.480 e. The fourth-order valence-corrected chi connectivity index (χ4v) is 1.90. The molecule has 2 aliphatic heterocycles. The number of carboxylic acids is 1. The SMILES string of the molecule is O=C(O)C1COC2(CCNCC2)N1. The summed E-state index contributed by atoms with van der Waals surface area (Å²) < 4.78 is 5.52. The van der Waals surface area contributed by atoms with Gasteiger partial charge in [-0.25, -0.2) is 0 Å². The Morgan fingerprint density at radius 1 is 1.46 bits per heavy atom. The molecular formula is C8H14N2O3. The van der Waals surface area contributed by atoms with Crippen LogP contribution in [0.15, 0.2) is 0 Å². The Morgan fingerprint density at radius 3 is 2.69 bits per heavy atom. The molecule has 5 heteroatoms. The number of ether oxygens (including phenoxy) is 1. The van der Waals surface area contributed by atoms with E-state index in [0.717, 1.165) is 25.9 Å². The Morgan fingerprint density at radius 2 is 2.15 bits per heavy atom. The van der Waals surface area contributed by atoms with E-state index >= 15 is 0 Å². The maximum absolute atomic E-state index is 10.7. The topological polar surface area (TPSA) is 70.6 Å². The first-order valence-electron chi connectivity index (χ1n) is 4.57. The highest BCUT2D eigenvalue weighted by molar-refractivity contribution is 5.74. The van der Waals surface area contributed by atoms with Crippen LogP contribution in [0.2, 0.25) is 0 Å². The summed E-state index contributed by atoms with van der Waals surface area (Å²) in [5.74, 6) is -0.824. The molecule has 2 aliphatic rings. The van der Waals surface area contributed by atoms with E-state index in [1.165, 1.54) is 0 Å². The van der Waals surface area contributed by atoms with Crippen LogP contribution in [0.25, 0.3) is 0 Å². The van der Waals surface area contributed by atoms with Crippen molar-refractivity contribution < 1.29 is 14.6 Å². The van der Waals surface area contributed by atoms with Crippen molar-refractivity contribution in [2.24, 2.45) is 0 Å². The molecule has 2 rings (SSSR count). The summed E-state index contributed by atoms with van der Waals surface area (Å²) in [5.41, 5.74) is -0.367. The number of rotatable bonds is 1. The average Bonchev–Trinajstić information content (AvgIpc) is 2.51. The fourth-order valence-electron chi connectivity index (χ4n) is 1.90. The highest BCUT2D eigenvalue weighted by atomic mass is 16.5. The van der Waals surface area contributed by atoms with Gasteiger partial charge in [-0.1, -0.05) is 0 Å². The van der Waals surface area contributed by atoms with Crippen molar-refractivity contribution >= 4 is 5.97 Å². The summed E-state index contributed by atoms with van der Waals surface area (Å²) >= 11 is 0. The number of aliphatic carboxylic acids is 1. The Kier molecular flexibility index (Phi) is 2.23. The Hall–Kier alpha value is -0.650. The van der Waals surface area contributed by atoms with Gasteiger partial charge in [-0.2, -0.15) is 0 Å². The van der Waals surface area contributed by atoms with Crippen LogP contribution >= 0.6 is 0 Å². The lowest BCUT2D eigenvalue weighted by atomic mass is 10.0. The highest BCUT2D eigenvalue weighted by Crippen LogP contribution is 2.25. The van der Waals surface area contributed by atoms with E-state index in [1.54, 1.807) is 0 Å². The van der Waals surface area contributed by atoms with Crippen LogP contribution in [0.4, 0.5) is 0 Å². The molecule has 3 N–H and O–H groups in total. The third-order valence-electron chi connectivity index (χ3n) is 2.67. The van der Waals surface area contributed by atoms with Gasteiger partial charge in [0.15, 0.2) is 0 Å². The van der Waals surface area contributed by atoms with Gasteiger partial charge in [-0.05, 0) is 13.1 Å². The minimum absolute atomic E-state index is 0.287. The van der Waals surface area contributed by atoms with Crippen molar-refractivity contribution in [2.75, 3.05) is 19.7 Å². The fraction of sp³-hybridized carbons (Fsp3) is 0.875. The summed E-state index contributed by atoms with van der Waals surface area (Å²) in [6.07, 6.45) is 1.69. The van der Waals surface area contributed by atoms with E-state index in [1.807, 2.05) is 0 Å². The lowest BCUT2D eigenvalue weighted by Crippen LogP contribution is -2.52. The van der Waals surface area contributed by atoms with E-state index < -0.39 is 12.0 Å². The molecule has 74 valence electrons. The van der Waals surface area contributed by atoms with Crippen LogP contribution in [0.1, 0.15) is 12.8 Å². The Labute approximate surface area is 76.5 Å². The van der Waals surface area contributed by atoms with Crippen molar-refractivity contribution in [3.63, 3.8) is 0 Å². The van der Waals surface area contributed by atoms with Gasteiger partial charge in [0.2, 0.25) is 0 Å². The first-order valence-corrected chi connectivity index (χ1v) is 4.57. The maximum atomic E-state index is 10.7. The zero-order valence-corrected chi connectivity index (χ0v) is 7.38. The van der Waals surface area contributed by atoms with Crippen molar-refractivity contribution in [1.82, 2.24) is 10.6 Å². The monoisotopic (exact) mass is 186 g/mol. The Bertz CT molecular complexity index is 213. The highest BCUT2D eigenvalue weighted by Gasteiger charge is 2.42. The van der Waals surface area contributed by atoms with E-state index in [4.69, 9.17) is 9.84 Å². The summed E-state index contributed by atoms with van der Waals surface area (Å²) in [4.78, 5) is 10.7. The van der Waals surface area contributed by atoms with E-state index in [2.05, 4.69) is 10.6 Å². The average molecular weight is 186 g/mol. The first kappa shape index (κ1) is 8.93. The minimum atomic E-state index is -0.824. The van der Waals surface area contributed by atoms with E-state index in [9.17, 15) is 4.79 Å². The predicted octanol–water partition coefficient (Wildman–Crippen LogP) is -0.861. The van der Waals surface area contributed by atoms with Gasteiger partial charge in [0.05, 0.1) is 6.61 Å². The van der Waals surface area contributed by atoms with Gasteiger partial charge in [0.1, 0.15) is 11.8 Å². The number of nitrogens with one attached hydrogen (secondary N) is 2. The van der Waals surface area contributed by atoms with Crippen LogP contribution in [-0.2, 0) is 9.53 Å². The quantitative estimate of drug-likeness (QED) is 0.497. The number of carboxylic acid groups (broad SMARTS) is 1. The summed E-state index contributed by atoms with van der Waals surface area (Å²) in [6, 6.07) is -0.530. The molecule has 1 spiro atoms. The molecule has 0 radical (unpaired) electrons. The number of hydrogen-bond acceptors (Lipinski definition) is 4. The molecule has 13 heavy (non-hydrogen) atoms. The molecule has 0 aromatic rings. The lowest BCUT2D eigenvalue weighted by molar-refractivity contribution is -0.139. The van der Waals surface area contributed by atoms with Crippen LogP contribution in [0, 0.1) is 0 Å². The normalized spacial score (nSPS) is 32.2. The van der Waals surface area contributed by atoms with Crippen molar-refractivity contribution in [3.05, 3.63) is 0 Å². The van der Waals surface area contributed by atoms with Gasteiger partial charge >= 0.3 is 5.97 Å². The number of hydrogen-bond donors (Lipinski definition) is 3. The van der Waals surface area contributed by atoms with Gasteiger partial charge in [-0.15, -0.1) is 0 Å². The molecule has 5 nitrogen and oxygen atoms in total. The molecule has 1 atom stereocenters. The van der Waals surface area contributed by atoms with E-state index in [0.29, 0.717) is 0 Å². The lowest BCUT2D eigenvalue weighted by Gasteiger charge is -2.33. The molecule has 0 amide bonds. The second-order valence-electron chi connectivity index (χ2n) is 3.59. The molecule has 0 bridgehead atoms. The molecule has 0 saturated carbocycles. The first-order chi connectivity index (χ1) is 6.22. The predicted molar refractivity (Wildman–Crippen MR) is 45.3 cm³/mol. The molecule has 0 aromatic carbocycles. The minimum Gasteiger partial charge on any atom is -0.480 e. The van der Waals surface area contributed by atoms with Crippen LogP contribution in [0.3, 0.4) is 0 Å². The van der Waals surface area contributed by atoms with Crippen molar-refractivity contribution in [2.45, 2.75) is 24.6 Å². The van der Waals surface area contributed by atoms with Crippen LogP contribution in [0.5, 0.6) is 0 Å². The summed E-state index contributed by atoms with van der Waals surface area (Å²) in [7, 11) is 0. The van der Waals surface area contributed by atoms with E-state index in [-0.39, 0.29) is 12.3 Å². The molecule has 0 aliphatic carbocycles. The van der Waals surface area contributed by atoms with Crippen molar-refractivity contribution in [3.8, 4) is 0 Å². The molecule has 1 unspecified atom stereocenters. The van der Waals surface area contributed by atoms with Gasteiger partial charge < -0.3 is 15.2 Å². The Balaban J connectivity index is 1.98. The molecule has 0 aromatic heterocycles. The molecule has 2 saturated heterocycles. The van der Waals surface area contributed by atoms with Gasteiger partial charge in [0, 0.05) is 12.8 Å². The molecular weight excluding hydrogens is 172 g/mol. The van der Waals surface area contributed by atoms with Gasteiger partial charge in [0.25, 0.3) is 0 Å². The van der Waals surface area contributed by atoms with Crippen molar-refractivity contribution in [1.29, 1.82) is 0 Å².